The van der Waals surface area contributed by atoms with Crippen LogP contribution in [-0.4, -0.2) is 50.6 Å². The van der Waals surface area contributed by atoms with Crippen molar-refractivity contribution in [3.05, 3.63) is 48.7 Å². The molecule has 0 aliphatic rings. The predicted molar refractivity (Wildman–Crippen MR) is 138 cm³/mol. The van der Waals surface area contributed by atoms with Gasteiger partial charge in [-0.25, -0.2) is 14.6 Å². The van der Waals surface area contributed by atoms with Gasteiger partial charge in [-0.2, -0.15) is 5.10 Å². The Morgan fingerprint density at radius 3 is 2.76 bits per heavy atom. The van der Waals surface area contributed by atoms with Crippen molar-refractivity contribution in [2.45, 2.75) is 44.9 Å². The monoisotopic (exact) mass is 478 g/mol. The Kier molecular flexibility index (Phi) is 7.84. The van der Waals surface area contributed by atoms with Gasteiger partial charge in [0.05, 0.1) is 18.1 Å². The summed E-state index contributed by atoms with van der Waals surface area (Å²) in [6.07, 6.45) is 2.82. The van der Waals surface area contributed by atoms with Crippen LogP contribution in [0, 0.1) is 0 Å². The number of nitrogens with zero attached hydrogens (tertiary/aromatic N) is 4. The minimum atomic E-state index is -0.180. The van der Waals surface area contributed by atoms with Gasteiger partial charge in [0.15, 0.2) is 17.4 Å². The zero-order valence-corrected chi connectivity index (χ0v) is 20.6. The number of benzene rings is 2. The molecule has 1 amide bonds. The number of hydrogen-bond donors (Lipinski definition) is 2. The number of carbonyl (C=O) groups excluding carboxylic acids is 1. The van der Waals surface area contributed by atoms with Crippen LogP contribution in [-0.2, 0) is 11.3 Å². The third-order valence-corrected chi connectivity index (χ3v) is 6.13. The maximum Gasteiger partial charge on any atom is 0.258 e. The number of carbonyl (C=O) groups is 1. The van der Waals surface area contributed by atoms with E-state index in [1.54, 1.807) is 18.0 Å². The molecule has 2 aromatic carbocycles. The molecular weight excluding hydrogens is 448 g/mol. The SMILES string of the molecule is CCCSc1nc(NC(C)C)c2cnn(CCNC(=O)COc3ccc4ccccc4c3)c2n1. The van der Waals surface area contributed by atoms with Crippen molar-refractivity contribution in [1.29, 1.82) is 0 Å². The Hall–Kier alpha value is -3.33. The zero-order chi connectivity index (χ0) is 23.9. The van der Waals surface area contributed by atoms with Crippen molar-refractivity contribution < 1.29 is 9.53 Å². The van der Waals surface area contributed by atoms with Crippen molar-refractivity contribution in [1.82, 2.24) is 25.1 Å². The van der Waals surface area contributed by atoms with E-state index in [1.165, 1.54) is 0 Å². The van der Waals surface area contributed by atoms with Gasteiger partial charge >= 0.3 is 0 Å². The second-order valence-corrected chi connectivity index (χ2v) is 9.32. The molecule has 0 saturated heterocycles. The van der Waals surface area contributed by atoms with Crippen LogP contribution in [0.25, 0.3) is 21.8 Å². The molecule has 8 nitrogen and oxygen atoms in total. The molecule has 0 fully saturated rings. The number of fused-ring (bicyclic) bond motifs is 2. The largest absolute Gasteiger partial charge is 0.484 e. The highest BCUT2D eigenvalue weighted by molar-refractivity contribution is 7.99. The molecule has 178 valence electrons. The molecule has 0 saturated carbocycles. The minimum Gasteiger partial charge on any atom is -0.484 e. The molecule has 34 heavy (non-hydrogen) atoms. The molecule has 4 rings (SSSR count). The quantitative estimate of drug-likeness (QED) is 0.242. The molecule has 0 atom stereocenters. The average molecular weight is 479 g/mol. The Bertz CT molecular complexity index is 1270. The van der Waals surface area contributed by atoms with E-state index >= 15 is 0 Å². The Morgan fingerprint density at radius 1 is 1.15 bits per heavy atom. The molecule has 2 heterocycles. The summed E-state index contributed by atoms with van der Waals surface area (Å²) in [7, 11) is 0. The summed E-state index contributed by atoms with van der Waals surface area (Å²) in [4.78, 5) is 21.7. The van der Waals surface area contributed by atoms with Crippen LogP contribution in [0.4, 0.5) is 5.82 Å². The summed E-state index contributed by atoms with van der Waals surface area (Å²) in [5, 5.41) is 14.6. The third kappa shape index (κ3) is 5.96. The highest BCUT2D eigenvalue weighted by atomic mass is 32.2. The van der Waals surface area contributed by atoms with Gasteiger partial charge in [-0.05, 0) is 43.2 Å². The lowest BCUT2D eigenvalue weighted by Crippen LogP contribution is -2.31. The van der Waals surface area contributed by atoms with Gasteiger partial charge in [-0.3, -0.25) is 4.79 Å². The van der Waals surface area contributed by atoms with Crippen LogP contribution in [0.1, 0.15) is 27.2 Å². The highest BCUT2D eigenvalue weighted by Gasteiger charge is 2.14. The second-order valence-electron chi connectivity index (χ2n) is 8.25. The molecule has 0 aliphatic carbocycles. The second kappa shape index (κ2) is 11.2. The average Bonchev–Trinajstić information content (AvgIpc) is 3.24. The minimum absolute atomic E-state index is 0.0410. The van der Waals surface area contributed by atoms with Crippen LogP contribution in [0.5, 0.6) is 5.75 Å². The van der Waals surface area contributed by atoms with Crippen LogP contribution in [0.3, 0.4) is 0 Å². The lowest BCUT2D eigenvalue weighted by atomic mass is 10.1. The van der Waals surface area contributed by atoms with E-state index in [-0.39, 0.29) is 18.6 Å². The fraction of sp³-hybridized carbons (Fsp3) is 0.360. The van der Waals surface area contributed by atoms with E-state index in [0.29, 0.717) is 18.8 Å². The fourth-order valence-corrected chi connectivity index (χ4v) is 4.19. The third-order valence-electron chi connectivity index (χ3n) is 5.07. The predicted octanol–water partition coefficient (Wildman–Crippen LogP) is 4.50. The fourth-order valence-electron chi connectivity index (χ4n) is 3.50. The zero-order valence-electron chi connectivity index (χ0n) is 19.7. The van der Waals surface area contributed by atoms with E-state index in [1.807, 2.05) is 47.1 Å². The normalized spacial score (nSPS) is 11.3. The van der Waals surface area contributed by atoms with Gasteiger partial charge in [0.1, 0.15) is 11.6 Å². The van der Waals surface area contributed by atoms with Gasteiger partial charge < -0.3 is 15.4 Å². The molecule has 0 spiro atoms. The van der Waals surface area contributed by atoms with E-state index in [9.17, 15) is 4.79 Å². The molecular formula is C25H30N6O2S. The number of aromatic nitrogens is 4. The van der Waals surface area contributed by atoms with Gasteiger partial charge in [0.2, 0.25) is 0 Å². The summed E-state index contributed by atoms with van der Waals surface area (Å²) in [6.45, 7) is 7.17. The molecule has 0 radical (unpaired) electrons. The summed E-state index contributed by atoms with van der Waals surface area (Å²) in [5.74, 6) is 2.23. The number of amides is 1. The van der Waals surface area contributed by atoms with Crippen molar-refractivity contribution in [3.8, 4) is 5.75 Å². The summed E-state index contributed by atoms with van der Waals surface area (Å²) in [5.41, 5.74) is 0.762. The van der Waals surface area contributed by atoms with E-state index in [0.717, 1.165) is 45.0 Å². The Balaban J connectivity index is 1.36. The first-order valence-corrected chi connectivity index (χ1v) is 12.5. The first-order valence-electron chi connectivity index (χ1n) is 11.5. The molecule has 2 N–H and O–H groups in total. The number of hydrogen-bond acceptors (Lipinski definition) is 7. The molecule has 0 aliphatic heterocycles. The number of thioether (sulfide) groups is 1. The van der Waals surface area contributed by atoms with Gasteiger partial charge in [0, 0.05) is 18.3 Å². The molecule has 2 aromatic heterocycles. The first kappa shape index (κ1) is 23.8. The Morgan fingerprint density at radius 2 is 1.97 bits per heavy atom. The lowest BCUT2D eigenvalue weighted by molar-refractivity contribution is -0.123. The lowest BCUT2D eigenvalue weighted by Gasteiger charge is -2.12. The van der Waals surface area contributed by atoms with Crippen LogP contribution in [0.15, 0.2) is 53.8 Å². The number of ether oxygens (including phenoxy) is 1. The van der Waals surface area contributed by atoms with E-state index in [4.69, 9.17) is 9.72 Å². The summed E-state index contributed by atoms with van der Waals surface area (Å²) >= 11 is 1.63. The topological polar surface area (TPSA) is 94.0 Å². The van der Waals surface area contributed by atoms with Crippen LogP contribution >= 0.6 is 11.8 Å². The standard InChI is InChI=1S/C25H30N6O2S/c1-4-13-34-25-29-23(28-17(2)3)21-15-27-31(24(21)30-25)12-11-26-22(32)16-33-20-10-9-18-7-5-6-8-19(18)14-20/h5-10,14-15,17H,4,11-13,16H2,1-3H3,(H,26,32)(H,28,29,30). The van der Waals surface area contributed by atoms with E-state index in [2.05, 4.69) is 41.5 Å². The number of anilines is 1. The molecule has 9 heteroatoms. The molecule has 0 unspecified atom stereocenters. The number of rotatable bonds is 11. The van der Waals surface area contributed by atoms with Crippen LogP contribution < -0.4 is 15.4 Å². The maximum atomic E-state index is 12.3. The first-order chi connectivity index (χ1) is 16.5. The summed E-state index contributed by atoms with van der Waals surface area (Å²) in [6, 6.07) is 14.1. The van der Waals surface area contributed by atoms with Crippen molar-refractivity contribution >= 4 is 45.3 Å². The van der Waals surface area contributed by atoms with E-state index < -0.39 is 0 Å². The van der Waals surface area contributed by atoms with Gasteiger partial charge in [-0.15, -0.1) is 0 Å². The molecule has 4 aromatic rings. The smallest absolute Gasteiger partial charge is 0.258 e. The Labute approximate surface area is 203 Å². The van der Waals surface area contributed by atoms with Crippen LogP contribution in [0.2, 0.25) is 0 Å². The maximum absolute atomic E-state index is 12.3. The summed E-state index contributed by atoms with van der Waals surface area (Å²) < 4.78 is 7.48. The van der Waals surface area contributed by atoms with Gasteiger partial charge in [-0.1, -0.05) is 49.0 Å². The van der Waals surface area contributed by atoms with Gasteiger partial charge in [0.25, 0.3) is 5.91 Å². The van der Waals surface area contributed by atoms with Crippen molar-refractivity contribution in [3.63, 3.8) is 0 Å². The van der Waals surface area contributed by atoms with Crippen molar-refractivity contribution in [2.24, 2.45) is 0 Å². The highest BCUT2D eigenvalue weighted by Crippen LogP contribution is 2.25. The van der Waals surface area contributed by atoms with Crippen molar-refractivity contribution in [2.75, 3.05) is 24.2 Å². The molecule has 0 bridgehead atoms. The number of nitrogens with one attached hydrogen (secondary N) is 2.